The molecule has 1 amide bonds. The zero-order valence-corrected chi connectivity index (χ0v) is 14.8. The Bertz CT molecular complexity index is 727. The Morgan fingerprint density at radius 2 is 2.26 bits per heavy atom. The summed E-state index contributed by atoms with van der Waals surface area (Å²) in [6, 6.07) is 3.67. The molecule has 0 aromatic carbocycles. The van der Waals surface area contributed by atoms with E-state index in [0.29, 0.717) is 11.5 Å². The van der Waals surface area contributed by atoms with Gasteiger partial charge in [0.1, 0.15) is 5.76 Å². The van der Waals surface area contributed by atoms with Gasteiger partial charge in [-0.3, -0.25) is 4.79 Å². The Morgan fingerprint density at radius 3 is 2.96 bits per heavy atom. The van der Waals surface area contributed by atoms with Gasteiger partial charge in [-0.05, 0) is 12.1 Å². The molecule has 0 fully saturated rings. The largest absolute Gasteiger partial charge is 0.468 e. The molecule has 2 heterocycles. The van der Waals surface area contributed by atoms with Crippen LogP contribution in [-0.2, 0) is 20.6 Å². The van der Waals surface area contributed by atoms with Crippen molar-refractivity contribution in [3.63, 3.8) is 0 Å². The molecule has 2 N–H and O–H groups in total. The molecule has 126 valence electrons. The van der Waals surface area contributed by atoms with Crippen LogP contribution < -0.4 is 10.0 Å². The molecular weight excluding hydrogens is 360 g/mol. The number of furan rings is 1. The number of rotatable bonds is 9. The Morgan fingerprint density at radius 1 is 1.43 bits per heavy atom. The van der Waals surface area contributed by atoms with Crippen LogP contribution in [0.1, 0.15) is 19.1 Å². The molecule has 8 nitrogen and oxygen atoms in total. The molecule has 11 heteroatoms. The van der Waals surface area contributed by atoms with E-state index in [1.807, 2.05) is 12.1 Å². The summed E-state index contributed by atoms with van der Waals surface area (Å²) in [4.78, 5) is 11.2. The molecule has 0 saturated heterocycles. The molecule has 2 aromatic rings. The van der Waals surface area contributed by atoms with Gasteiger partial charge < -0.3 is 9.73 Å². The fraction of sp³-hybridized carbons (Fsp3) is 0.417. The van der Waals surface area contributed by atoms with E-state index >= 15 is 0 Å². The van der Waals surface area contributed by atoms with Gasteiger partial charge >= 0.3 is 0 Å². The maximum atomic E-state index is 12.0. The quantitative estimate of drug-likeness (QED) is 0.505. The Kier molecular flexibility index (Phi) is 6.57. The highest BCUT2D eigenvalue weighted by molar-refractivity contribution is 7.98. The van der Waals surface area contributed by atoms with Crippen LogP contribution in [0.15, 0.2) is 27.2 Å². The van der Waals surface area contributed by atoms with Gasteiger partial charge in [0.2, 0.25) is 15.4 Å². The number of sulfonamides is 1. The van der Waals surface area contributed by atoms with Crippen LogP contribution in [0.4, 0.5) is 5.13 Å². The second kappa shape index (κ2) is 8.43. The average molecular weight is 376 g/mol. The third-order valence-electron chi connectivity index (χ3n) is 2.57. The van der Waals surface area contributed by atoms with Gasteiger partial charge in [0.25, 0.3) is 10.0 Å². The summed E-state index contributed by atoms with van der Waals surface area (Å²) in [7, 11) is -3.71. The number of nitrogens with zero attached hydrogens (tertiary/aromatic N) is 2. The number of anilines is 1. The Labute approximate surface area is 142 Å². The van der Waals surface area contributed by atoms with Gasteiger partial charge in [-0.15, -0.1) is 10.2 Å². The van der Waals surface area contributed by atoms with Crippen molar-refractivity contribution in [2.45, 2.75) is 23.4 Å². The molecule has 0 aliphatic heterocycles. The Hall–Kier alpha value is -1.43. The number of nitrogens with one attached hydrogen (secondary N) is 2. The SMILES string of the molecule is CCC(=O)Nc1nnc(S(=O)(=O)NCCSCc2ccco2)s1. The molecule has 2 rings (SSSR count). The van der Waals surface area contributed by atoms with E-state index in [0.717, 1.165) is 17.1 Å². The second-order valence-electron chi connectivity index (χ2n) is 4.30. The van der Waals surface area contributed by atoms with Crippen molar-refractivity contribution in [3.05, 3.63) is 24.2 Å². The maximum absolute atomic E-state index is 12.0. The van der Waals surface area contributed by atoms with Gasteiger partial charge in [0, 0.05) is 18.7 Å². The number of carbonyl (C=O) groups is 1. The summed E-state index contributed by atoms with van der Waals surface area (Å²) in [5, 5.41) is 9.89. The van der Waals surface area contributed by atoms with Crippen molar-refractivity contribution in [1.82, 2.24) is 14.9 Å². The van der Waals surface area contributed by atoms with E-state index in [1.54, 1.807) is 24.9 Å². The molecule has 0 atom stereocenters. The third kappa shape index (κ3) is 5.61. The van der Waals surface area contributed by atoms with Crippen LogP contribution in [0.25, 0.3) is 0 Å². The standard InChI is InChI=1S/C12H16N4O4S3/c1-2-10(17)14-11-15-16-12(22-11)23(18,19)13-5-7-21-8-9-4-3-6-20-9/h3-4,6,13H,2,5,7-8H2,1H3,(H,14,15,17). The molecule has 2 aromatic heterocycles. The molecule has 0 unspecified atom stereocenters. The maximum Gasteiger partial charge on any atom is 0.269 e. The lowest BCUT2D eigenvalue weighted by molar-refractivity contribution is -0.115. The molecule has 0 aliphatic rings. The van der Waals surface area contributed by atoms with Crippen LogP contribution >= 0.6 is 23.1 Å². The number of hydrogen-bond donors (Lipinski definition) is 2. The first kappa shape index (κ1) is 17.9. The summed E-state index contributed by atoms with van der Waals surface area (Å²) in [5.74, 6) is 1.88. The number of carbonyl (C=O) groups excluding carboxylic acids is 1. The normalized spacial score (nSPS) is 11.5. The zero-order valence-electron chi connectivity index (χ0n) is 12.3. The Balaban J connectivity index is 1.78. The summed E-state index contributed by atoms with van der Waals surface area (Å²) in [6.07, 6.45) is 1.88. The van der Waals surface area contributed by atoms with E-state index < -0.39 is 10.0 Å². The summed E-state index contributed by atoms with van der Waals surface area (Å²) in [6.45, 7) is 1.96. The first-order valence-electron chi connectivity index (χ1n) is 6.74. The highest BCUT2D eigenvalue weighted by Gasteiger charge is 2.20. The van der Waals surface area contributed by atoms with Crippen LogP contribution in [0, 0.1) is 0 Å². The van der Waals surface area contributed by atoms with E-state index in [9.17, 15) is 13.2 Å². The molecular formula is C12H16N4O4S3. The van der Waals surface area contributed by atoms with Gasteiger partial charge in [-0.25, -0.2) is 13.1 Å². The van der Waals surface area contributed by atoms with Crippen molar-refractivity contribution in [1.29, 1.82) is 0 Å². The lowest BCUT2D eigenvalue weighted by Crippen LogP contribution is -2.26. The van der Waals surface area contributed by atoms with Gasteiger partial charge in [-0.2, -0.15) is 11.8 Å². The van der Waals surface area contributed by atoms with E-state index in [-0.39, 0.29) is 28.3 Å². The number of aromatic nitrogens is 2. The smallest absolute Gasteiger partial charge is 0.269 e. The number of thioether (sulfide) groups is 1. The summed E-state index contributed by atoms with van der Waals surface area (Å²) in [5.41, 5.74) is 0. The lowest BCUT2D eigenvalue weighted by atomic mass is 10.5. The summed E-state index contributed by atoms with van der Waals surface area (Å²) >= 11 is 2.37. The zero-order chi connectivity index (χ0) is 16.7. The minimum absolute atomic E-state index is 0.167. The topological polar surface area (TPSA) is 114 Å². The fourth-order valence-electron chi connectivity index (χ4n) is 1.45. The second-order valence-corrected chi connectivity index (χ2v) is 8.33. The highest BCUT2D eigenvalue weighted by Crippen LogP contribution is 2.20. The molecule has 0 aliphatic carbocycles. The summed E-state index contributed by atoms with van der Waals surface area (Å²) < 4.78 is 31.6. The van der Waals surface area contributed by atoms with Gasteiger partial charge in [-0.1, -0.05) is 18.3 Å². The lowest BCUT2D eigenvalue weighted by Gasteiger charge is -2.02. The predicted octanol–water partition coefficient (Wildman–Crippen LogP) is 1.69. The molecule has 0 radical (unpaired) electrons. The van der Waals surface area contributed by atoms with Crippen molar-refractivity contribution in [2.24, 2.45) is 0 Å². The number of amides is 1. The fourth-order valence-corrected chi connectivity index (χ4v) is 4.33. The van der Waals surface area contributed by atoms with E-state index in [4.69, 9.17) is 4.42 Å². The van der Waals surface area contributed by atoms with Crippen molar-refractivity contribution in [3.8, 4) is 0 Å². The van der Waals surface area contributed by atoms with E-state index in [1.165, 1.54) is 0 Å². The van der Waals surface area contributed by atoms with E-state index in [2.05, 4.69) is 20.2 Å². The van der Waals surface area contributed by atoms with Gasteiger partial charge in [0.15, 0.2) is 0 Å². The van der Waals surface area contributed by atoms with Gasteiger partial charge in [0.05, 0.1) is 12.0 Å². The first-order chi connectivity index (χ1) is 11.0. The minimum Gasteiger partial charge on any atom is -0.468 e. The van der Waals surface area contributed by atoms with Crippen LogP contribution in [0.2, 0.25) is 0 Å². The average Bonchev–Trinajstić information content (AvgIpc) is 3.18. The van der Waals surface area contributed by atoms with Crippen molar-refractivity contribution in [2.75, 3.05) is 17.6 Å². The first-order valence-corrected chi connectivity index (χ1v) is 10.2. The molecule has 0 bridgehead atoms. The molecule has 0 spiro atoms. The van der Waals surface area contributed by atoms with Crippen molar-refractivity contribution < 1.29 is 17.6 Å². The van der Waals surface area contributed by atoms with Crippen LogP contribution in [0.3, 0.4) is 0 Å². The molecule has 23 heavy (non-hydrogen) atoms. The van der Waals surface area contributed by atoms with Crippen molar-refractivity contribution >= 4 is 44.2 Å². The minimum atomic E-state index is -3.71. The van der Waals surface area contributed by atoms with Crippen LogP contribution in [0.5, 0.6) is 0 Å². The third-order valence-corrected chi connectivity index (χ3v) is 6.22. The molecule has 0 saturated carbocycles. The monoisotopic (exact) mass is 376 g/mol. The predicted molar refractivity (Wildman–Crippen MR) is 88.9 cm³/mol. The number of hydrogen-bond acceptors (Lipinski definition) is 8. The van der Waals surface area contributed by atoms with Crippen LogP contribution in [-0.4, -0.2) is 36.8 Å². The highest BCUT2D eigenvalue weighted by atomic mass is 32.2.